The monoisotopic (exact) mass is 272 g/mol. The summed E-state index contributed by atoms with van der Waals surface area (Å²) in [6.07, 6.45) is -0.853. The van der Waals surface area contributed by atoms with Gasteiger partial charge in [0.15, 0.2) is 0 Å². The van der Waals surface area contributed by atoms with Crippen molar-refractivity contribution in [3.8, 4) is 17.1 Å². The number of nitrogens with one attached hydrogen (secondary N) is 1. The first-order valence-electron chi connectivity index (χ1n) is 6.31. The molecule has 20 heavy (non-hydrogen) atoms. The molecule has 1 N–H and O–H groups in total. The van der Waals surface area contributed by atoms with Crippen LogP contribution in [0, 0.1) is 0 Å². The third kappa shape index (κ3) is 3.98. The highest BCUT2D eigenvalue weighted by molar-refractivity contribution is 5.66. The quantitative estimate of drug-likeness (QED) is 0.868. The van der Waals surface area contributed by atoms with Gasteiger partial charge in [-0.2, -0.15) is 5.48 Å². The Morgan fingerprint density at radius 3 is 2.55 bits per heavy atom. The van der Waals surface area contributed by atoms with E-state index in [1.807, 2.05) is 36.4 Å². The molecule has 5 heteroatoms. The van der Waals surface area contributed by atoms with Crippen molar-refractivity contribution in [3.63, 3.8) is 0 Å². The number of aromatic nitrogens is 1. The topological polar surface area (TPSA) is 60.5 Å². The molecule has 1 heterocycles. The smallest absolute Gasteiger partial charge is 0.440 e. The molecule has 1 amide bonds. The van der Waals surface area contributed by atoms with Crippen LogP contribution in [0.3, 0.4) is 0 Å². The first kappa shape index (κ1) is 13.9. The number of amides is 1. The van der Waals surface area contributed by atoms with Gasteiger partial charge in [-0.25, -0.2) is 9.78 Å². The Bertz CT molecular complexity index is 570. The van der Waals surface area contributed by atoms with E-state index in [1.165, 1.54) is 0 Å². The van der Waals surface area contributed by atoms with Crippen LogP contribution in [-0.2, 0) is 4.74 Å². The van der Waals surface area contributed by atoms with E-state index in [0.717, 1.165) is 11.3 Å². The van der Waals surface area contributed by atoms with Gasteiger partial charge >= 0.3 is 6.09 Å². The number of hydrogen-bond acceptors (Lipinski definition) is 4. The van der Waals surface area contributed by atoms with Gasteiger partial charge in [-0.3, -0.25) is 0 Å². The Balaban J connectivity index is 2.02. The SMILES string of the molecule is CC(C)OC(=O)NOc1cccc(-c2ccccc2)n1. The van der Waals surface area contributed by atoms with Gasteiger partial charge in [0.25, 0.3) is 0 Å². The minimum absolute atomic E-state index is 0.206. The maximum atomic E-state index is 11.3. The molecule has 0 fully saturated rings. The van der Waals surface area contributed by atoms with E-state index in [4.69, 9.17) is 9.57 Å². The predicted molar refractivity (Wildman–Crippen MR) is 75.1 cm³/mol. The van der Waals surface area contributed by atoms with Crippen LogP contribution in [0.2, 0.25) is 0 Å². The zero-order chi connectivity index (χ0) is 14.4. The number of hydrogen-bond donors (Lipinski definition) is 1. The Hall–Kier alpha value is -2.56. The van der Waals surface area contributed by atoms with Crippen LogP contribution >= 0.6 is 0 Å². The molecule has 2 aromatic rings. The molecule has 0 bridgehead atoms. The summed E-state index contributed by atoms with van der Waals surface area (Å²) in [6, 6.07) is 15.0. The Morgan fingerprint density at radius 2 is 1.85 bits per heavy atom. The maximum absolute atomic E-state index is 11.3. The van der Waals surface area contributed by atoms with E-state index in [-0.39, 0.29) is 6.10 Å². The van der Waals surface area contributed by atoms with Gasteiger partial charge in [0.2, 0.25) is 5.88 Å². The molecule has 0 aliphatic rings. The first-order chi connectivity index (χ1) is 9.65. The van der Waals surface area contributed by atoms with Crippen molar-refractivity contribution in [2.24, 2.45) is 0 Å². The number of carbonyl (C=O) groups is 1. The van der Waals surface area contributed by atoms with Crippen molar-refractivity contribution >= 4 is 6.09 Å². The van der Waals surface area contributed by atoms with Gasteiger partial charge < -0.3 is 9.57 Å². The molecule has 0 radical (unpaired) electrons. The molecular weight excluding hydrogens is 256 g/mol. The molecule has 1 aromatic carbocycles. The van der Waals surface area contributed by atoms with Crippen LogP contribution in [0.25, 0.3) is 11.3 Å². The lowest BCUT2D eigenvalue weighted by atomic mass is 10.1. The third-order valence-electron chi connectivity index (χ3n) is 2.37. The number of rotatable bonds is 4. The molecule has 0 spiro atoms. The average molecular weight is 272 g/mol. The zero-order valence-electron chi connectivity index (χ0n) is 11.4. The van der Waals surface area contributed by atoms with E-state index in [1.54, 1.807) is 26.0 Å². The summed E-state index contributed by atoms with van der Waals surface area (Å²) in [5.74, 6) is 0.298. The van der Waals surface area contributed by atoms with Gasteiger partial charge in [0.1, 0.15) is 0 Å². The normalized spacial score (nSPS) is 10.2. The van der Waals surface area contributed by atoms with Crippen molar-refractivity contribution in [1.82, 2.24) is 10.5 Å². The van der Waals surface area contributed by atoms with E-state index in [0.29, 0.717) is 5.88 Å². The van der Waals surface area contributed by atoms with E-state index in [9.17, 15) is 4.79 Å². The third-order valence-corrected chi connectivity index (χ3v) is 2.37. The van der Waals surface area contributed by atoms with Crippen LogP contribution in [0.15, 0.2) is 48.5 Å². The number of benzene rings is 1. The lowest BCUT2D eigenvalue weighted by Crippen LogP contribution is -2.30. The minimum atomic E-state index is -0.646. The summed E-state index contributed by atoms with van der Waals surface area (Å²) in [4.78, 5) is 20.7. The lowest BCUT2D eigenvalue weighted by molar-refractivity contribution is 0.0758. The first-order valence-corrected chi connectivity index (χ1v) is 6.31. The van der Waals surface area contributed by atoms with Crippen molar-refractivity contribution in [1.29, 1.82) is 0 Å². The molecule has 0 unspecified atom stereocenters. The molecule has 2 rings (SSSR count). The maximum Gasteiger partial charge on any atom is 0.440 e. The van der Waals surface area contributed by atoms with Crippen molar-refractivity contribution in [2.75, 3.05) is 0 Å². The van der Waals surface area contributed by atoms with Gasteiger partial charge in [0, 0.05) is 11.6 Å². The number of pyridine rings is 1. The van der Waals surface area contributed by atoms with Crippen molar-refractivity contribution in [3.05, 3.63) is 48.5 Å². The molecule has 0 aliphatic heterocycles. The van der Waals surface area contributed by atoms with E-state index in [2.05, 4.69) is 10.5 Å². The Morgan fingerprint density at radius 1 is 1.10 bits per heavy atom. The fourth-order valence-corrected chi connectivity index (χ4v) is 1.57. The Labute approximate surface area is 117 Å². The second kappa shape index (κ2) is 6.56. The molecule has 0 atom stereocenters. The molecule has 104 valence electrons. The van der Waals surface area contributed by atoms with Gasteiger partial charge in [-0.05, 0) is 19.9 Å². The van der Waals surface area contributed by atoms with E-state index >= 15 is 0 Å². The van der Waals surface area contributed by atoms with Crippen LogP contribution in [-0.4, -0.2) is 17.2 Å². The summed E-state index contributed by atoms with van der Waals surface area (Å²) in [6.45, 7) is 3.52. The molecule has 0 aliphatic carbocycles. The van der Waals surface area contributed by atoms with Crippen molar-refractivity contribution < 1.29 is 14.4 Å². The summed E-state index contributed by atoms with van der Waals surface area (Å²) in [5, 5.41) is 0. The fourth-order valence-electron chi connectivity index (χ4n) is 1.57. The second-order valence-corrected chi connectivity index (χ2v) is 4.39. The summed E-state index contributed by atoms with van der Waals surface area (Å²) < 4.78 is 4.88. The molecule has 1 aromatic heterocycles. The van der Waals surface area contributed by atoms with Crippen molar-refractivity contribution in [2.45, 2.75) is 20.0 Å². The summed E-state index contributed by atoms with van der Waals surface area (Å²) in [7, 11) is 0. The average Bonchev–Trinajstić information content (AvgIpc) is 2.46. The zero-order valence-corrected chi connectivity index (χ0v) is 11.4. The summed E-state index contributed by atoms with van der Waals surface area (Å²) in [5.41, 5.74) is 3.93. The molecular formula is C15H16N2O3. The van der Waals surface area contributed by atoms with Crippen LogP contribution in [0.1, 0.15) is 13.8 Å². The number of nitrogens with zero attached hydrogens (tertiary/aromatic N) is 1. The highest BCUT2D eigenvalue weighted by atomic mass is 16.7. The van der Waals surface area contributed by atoms with Gasteiger partial charge in [-0.15, -0.1) is 0 Å². The number of carbonyl (C=O) groups excluding carboxylic acids is 1. The van der Waals surface area contributed by atoms with Gasteiger partial charge in [-0.1, -0.05) is 36.4 Å². The largest absolute Gasteiger partial charge is 0.445 e. The van der Waals surface area contributed by atoms with E-state index < -0.39 is 6.09 Å². The summed E-state index contributed by atoms with van der Waals surface area (Å²) >= 11 is 0. The number of hydroxylamine groups is 1. The predicted octanol–water partition coefficient (Wildman–Crippen LogP) is 3.18. The lowest BCUT2D eigenvalue weighted by Gasteiger charge is -2.10. The molecule has 0 saturated carbocycles. The van der Waals surface area contributed by atoms with Crippen LogP contribution < -0.4 is 10.3 Å². The highest BCUT2D eigenvalue weighted by Gasteiger charge is 2.06. The standard InChI is InChI=1S/C15H16N2O3/c1-11(2)19-15(18)17-20-14-10-6-9-13(16-14)12-7-4-3-5-8-12/h3-11H,1-2H3,(H,17,18). The molecule has 0 saturated heterocycles. The highest BCUT2D eigenvalue weighted by Crippen LogP contribution is 2.18. The van der Waals surface area contributed by atoms with Crippen LogP contribution in [0.4, 0.5) is 4.79 Å². The van der Waals surface area contributed by atoms with Crippen LogP contribution in [0.5, 0.6) is 5.88 Å². The van der Waals surface area contributed by atoms with Gasteiger partial charge in [0.05, 0.1) is 11.8 Å². The minimum Gasteiger partial charge on any atom is -0.445 e. The Kier molecular flexibility index (Phi) is 4.55. The number of ether oxygens (including phenoxy) is 1. The fraction of sp³-hybridized carbons (Fsp3) is 0.200. The second-order valence-electron chi connectivity index (χ2n) is 4.39. The molecule has 5 nitrogen and oxygen atoms in total.